The Morgan fingerprint density at radius 2 is 2.19 bits per heavy atom. The van der Waals surface area contributed by atoms with Gasteiger partial charge in [-0.2, -0.15) is 0 Å². The monoisotopic (exact) mass is 388 g/mol. The fourth-order valence-corrected chi connectivity index (χ4v) is 3.53. The van der Waals surface area contributed by atoms with Gasteiger partial charge in [0.1, 0.15) is 12.3 Å². The molecule has 27 heavy (non-hydrogen) atoms. The summed E-state index contributed by atoms with van der Waals surface area (Å²) in [5.41, 5.74) is 2.31. The van der Waals surface area contributed by atoms with Crippen molar-refractivity contribution in [3.8, 4) is 17.0 Å². The molecule has 1 aromatic carbocycles. The number of amides is 1. The summed E-state index contributed by atoms with van der Waals surface area (Å²) in [6.45, 7) is 6.12. The minimum atomic E-state index is -0.590. The van der Waals surface area contributed by atoms with Crippen LogP contribution in [0.5, 0.6) is 5.75 Å². The van der Waals surface area contributed by atoms with Gasteiger partial charge in [-0.15, -0.1) is 11.3 Å². The number of esters is 1. The molecule has 0 bridgehead atoms. The smallest absolute Gasteiger partial charge is 0.326 e. The zero-order valence-electron chi connectivity index (χ0n) is 15.9. The molecule has 1 aliphatic heterocycles. The van der Waals surface area contributed by atoms with E-state index >= 15 is 0 Å². The largest absolute Gasteiger partial charge is 0.478 e. The van der Waals surface area contributed by atoms with E-state index in [0.717, 1.165) is 29.1 Å². The Bertz CT molecular complexity index is 833. The molecule has 2 heterocycles. The van der Waals surface area contributed by atoms with Crippen LogP contribution in [0.3, 0.4) is 0 Å². The summed E-state index contributed by atoms with van der Waals surface area (Å²) in [4.78, 5) is 31.0. The first-order valence-electron chi connectivity index (χ1n) is 9.23. The molecular formula is C20H24N2O4S. The number of rotatable bonds is 7. The summed E-state index contributed by atoms with van der Waals surface area (Å²) in [6, 6.07) is 5.62. The molecule has 1 amide bonds. The third kappa shape index (κ3) is 4.30. The Kier molecular flexibility index (Phi) is 6.11. The Morgan fingerprint density at radius 3 is 2.85 bits per heavy atom. The van der Waals surface area contributed by atoms with Gasteiger partial charge in [0.2, 0.25) is 0 Å². The van der Waals surface area contributed by atoms with Crippen LogP contribution in [0.1, 0.15) is 38.1 Å². The number of aryl methyl sites for hydroxylation is 1. The van der Waals surface area contributed by atoms with Crippen LogP contribution in [-0.4, -0.2) is 36.1 Å². The second-order valence-electron chi connectivity index (χ2n) is 6.45. The highest BCUT2D eigenvalue weighted by Crippen LogP contribution is 2.38. The van der Waals surface area contributed by atoms with Crippen molar-refractivity contribution in [1.29, 1.82) is 0 Å². The van der Waals surface area contributed by atoms with Crippen LogP contribution < -0.4 is 9.64 Å². The molecule has 2 aromatic rings. The molecule has 1 aliphatic rings. The van der Waals surface area contributed by atoms with Crippen molar-refractivity contribution in [2.75, 3.05) is 18.1 Å². The van der Waals surface area contributed by atoms with Crippen LogP contribution in [0.25, 0.3) is 11.3 Å². The molecule has 0 saturated carbocycles. The van der Waals surface area contributed by atoms with Gasteiger partial charge in [-0.25, -0.2) is 4.98 Å². The van der Waals surface area contributed by atoms with E-state index in [1.165, 1.54) is 4.90 Å². The van der Waals surface area contributed by atoms with Crippen LogP contribution in [-0.2, 0) is 14.3 Å². The molecule has 0 saturated heterocycles. The number of unbranched alkanes of at least 4 members (excludes halogenated alkanes) is 1. The summed E-state index contributed by atoms with van der Waals surface area (Å²) in [5, 5.41) is 2.94. The number of ether oxygens (including phenoxy) is 2. The molecule has 1 atom stereocenters. The Balaban J connectivity index is 1.89. The van der Waals surface area contributed by atoms with Crippen LogP contribution in [0.15, 0.2) is 23.6 Å². The highest BCUT2D eigenvalue weighted by atomic mass is 32.1. The third-order valence-corrected chi connectivity index (χ3v) is 5.17. The van der Waals surface area contributed by atoms with Gasteiger partial charge in [0.15, 0.2) is 6.10 Å². The molecular weight excluding hydrogens is 364 g/mol. The number of benzene rings is 1. The van der Waals surface area contributed by atoms with Gasteiger partial charge in [0.05, 0.1) is 23.0 Å². The van der Waals surface area contributed by atoms with E-state index in [1.54, 1.807) is 11.3 Å². The number of nitrogens with zero attached hydrogens (tertiary/aromatic N) is 2. The van der Waals surface area contributed by atoms with Gasteiger partial charge in [-0.05, 0) is 38.0 Å². The van der Waals surface area contributed by atoms with E-state index in [0.29, 0.717) is 24.5 Å². The fraction of sp³-hybridized carbons (Fsp3) is 0.450. The number of carbonyl (C=O) groups excluding carboxylic acids is 2. The average molecular weight is 388 g/mol. The Labute approximate surface area is 163 Å². The molecule has 0 aliphatic carbocycles. The summed E-state index contributed by atoms with van der Waals surface area (Å²) in [6.07, 6.45) is 1.70. The van der Waals surface area contributed by atoms with Crippen LogP contribution in [0.2, 0.25) is 0 Å². The molecule has 7 heteroatoms. The highest BCUT2D eigenvalue weighted by Gasteiger charge is 2.35. The van der Waals surface area contributed by atoms with Gasteiger partial charge in [-0.1, -0.05) is 20.3 Å². The lowest BCUT2D eigenvalue weighted by atomic mass is 10.1. The molecule has 144 valence electrons. The second kappa shape index (κ2) is 8.52. The molecule has 0 N–H and O–H groups in total. The molecule has 1 unspecified atom stereocenters. The van der Waals surface area contributed by atoms with Crippen molar-refractivity contribution in [1.82, 2.24) is 4.98 Å². The number of hydrogen-bond donors (Lipinski definition) is 0. The summed E-state index contributed by atoms with van der Waals surface area (Å²) in [7, 11) is 0. The van der Waals surface area contributed by atoms with E-state index in [9.17, 15) is 9.59 Å². The van der Waals surface area contributed by atoms with E-state index in [2.05, 4.69) is 4.98 Å². The first kappa shape index (κ1) is 19.4. The lowest BCUT2D eigenvalue weighted by molar-refractivity contribution is -0.143. The molecule has 6 nitrogen and oxygen atoms in total. The molecule has 3 rings (SSSR count). The fourth-order valence-electron chi connectivity index (χ4n) is 2.91. The summed E-state index contributed by atoms with van der Waals surface area (Å²) >= 11 is 1.57. The second-order valence-corrected chi connectivity index (χ2v) is 7.51. The van der Waals surface area contributed by atoms with Crippen molar-refractivity contribution >= 4 is 28.9 Å². The minimum absolute atomic E-state index is 0.116. The minimum Gasteiger partial charge on any atom is -0.478 e. The quantitative estimate of drug-likeness (QED) is 0.530. The average Bonchev–Trinajstić information content (AvgIpc) is 3.10. The Morgan fingerprint density at radius 1 is 1.37 bits per heavy atom. The van der Waals surface area contributed by atoms with Gasteiger partial charge < -0.3 is 9.47 Å². The zero-order valence-corrected chi connectivity index (χ0v) is 16.7. The highest BCUT2D eigenvalue weighted by molar-refractivity contribution is 7.09. The van der Waals surface area contributed by atoms with Crippen molar-refractivity contribution in [3.63, 3.8) is 0 Å². The summed E-state index contributed by atoms with van der Waals surface area (Å²) < 4.78 is 11.1. The molecule has 0 fully saturated rings. The van der Waals surface area contributed by atoms with E-state index in [1.807, 2.05) is 44.4 Å². The number of aromatic nitrogens is 1. The van der Waals surface area contributed by atoms with Crippen molar-refractivity contribution < 1.29 is 19.1 Å². The maximum atomic E-state index is 12.8. The number of hydrogen-bond acceptors (Lipinski definition) is 6. The molecule has 0 radical (unpaired) electrons. The van der Waals surface area contributed by atoms with Crippen molar-refractivity contribution in [2.45, 2.75) is 46.1 Å². The number of thiazole rings is 1. The molecule has 0 spiro atoms. The normalized spacial score (nSPS) is 16.0. The predicted octanol–water partition coefficient (Wildman–Crippen LogP) is 3.97. The van der Waals surface area contributed by atoms with E-state index in [-0.39, 0.29) is 12.5 Å². The van der Waals surface area contributed by atoms with Crippen LogP contribution in [0, 0.1) is 6.92 Å². The standard InChI is InChI=1S/C20H24N2O4S/c1-4-6-9-25-19(23)11-22-16-10-14(15-12-27-13(3)21-15)7-8-18(16)26-17(5-2)20(22)24/h7-8,10,12,17H,4-6,9,11H2,1-3H3. The third-order valence-electron chi connectivity index (χ3n) is 4.39. The number of fused-ring (bicyclic) bond motifs is 1. The summed E-state index contributed by atoms with van der Waals surface area (Å²) in [5.74, 6) is -0.0306. The SMILES string of the molecule is CCCCOC(=O)CN1C(=O)C(CC)Oc2ccc(-c3csc(C)n3)cc21. The van der Waals surface area contributed by atoms with Crippen molar-refractivity contribution in [2.24, 2.45) is 0 Å². The van der Waals surface area contributed by atoms with Gasteiger partial charge in [-0.3, -0.25) is 14.5 Å². The molecule has 1 aromatic heterocycles. The zero-order chi connectivity index (χ0) is 19.4. The maximum absolute atomic E-state index is 12.8. The lowest BCUT2D eigenvalue weighted by Gasteiger charge is -2.33. The van der Waals surface area contributed by atoms with Crippen LogP contribution in [0.4, 0.5) is 5.69 Å². The Hall–Kier alpha value is -2.41. The van der Waals surface area contributed by atoms with Crippen LogP contribution >= 0.6 is 11.3 Å². The number of anilines is 1. The van der Waals surface area contributed by atoms with E-state index in [4.69, 9.17) is 9.47 Å². The maximum Gasteiger partial charge on any atom is 0.326 e. The topological polar surface area (TPSA) is 68.7 Å². The first-order valence-corrected chi connectivity index (χ1v) is 10.1. The van der Waals surface area contributed by atoms with Gasteiger partial charge in [0, 0.05) is 10.9 Å². The van der Waals surface area contributed by atoms with Gasteiger partial charge in [0.25, 0.3) is 5.91 Å². The van der Waals surface area contributed by atoms with Crippen molar-refractivity contribution in [3.05, 3.63) is 28.6 Å². The van der Waals surface area contributed by atoms with E-state index < -0.39 is 12.1 Å². The number of carbonyl (C=O) groups is 2. The van der Waals surface area contributed by atoms with Gasteiger partial charge >= 0.3 is 5.97 Å². The predicted molar refractivity (Wildman–Crippen MR) is 105 cm³/mol. The first-order chi connectivity index (χ1) is 13.0. The lowest BCUT2D eigenvalue weighted by Crippen LogP contribution is -2.48.